The van der Waals surface area contributed by atoms with Gasteiger partial charge in [-0.1, -0.05) is 23.7 Å². The Morgan fingerprint density at radius 2 is 1.95 bits per heavy atom. The van der Waals surface area contributed by atoms with Crippen molar-refractivity contribution in [3.05, 3.63) is 34.9 Å². The largest absolute Gasteiger partial charge is 0.395 e. The van der Waals surface area contributed by atoms with E-state index in [2.05, 4.69) is 5.32 Å². The van der Waals surface area contributed by atoms with E-state index in [0.29, 0.717) is 24.7 Å². The molecular weight excluding hydrogens is 268 g/mol. The molecule has 6 heteroatoms. The Labute approximate surface area is 117 Å². The number of amides is 1. The lowest BCUT2D eigenvalue weighted by molar-refractivity contribution is -0.122. The molecule has 0 aliphatic rings. The molecule has 1 rings (SSSR count). The maximum Gasteiger partial charge on any atom is 0.234 e. The second-order valence-electron chi connectivity index (χ2n) is 4.13. The molecule has 0 atom stereocenters. The molecule has 0 saturated heterocycles. The van der Waals surface area contributed by atoms with E-state index >= 15 is 0 Å². The summed E-state index contributed by atoms with van der Waals surface area (Å²) in [6.07, 6.45) is 0. The van der Waals surface area contributed by atoms with Crippen LogP contribution in [0.3, 0.4) is 0 Å². The van der Waals surface area contributed by atoms with Gasteiger partial charge in [-0.25, -0.2) is 0 Å². The molecule has 1 amide bonds. The van der Waals surface area contributed by atoms with Gasteiger partial charge in [-0.05, 0) is 17.7 Å². The molecule has 1 aromatic carbocycles. The summed E-state index contributed by atoms with van der Waals surface area (Å²) in [7, 11) is 0. The smallest absolute Gasteiger partial charge is 0.234 e. The van der Waals surface area contributed by atoms with Gasteiger partial charge in [0.15, 0.2) is 0 Å². The summed E-state index contributed by atoms with van der Waals surface area (Å²) in [5.41, 5.74) is 0.928. The summed E-state index contributed by atoms with van der Waals surface area (Å²) in [5.74, 6) is -0.151. The number of hydrogen-bond donors (Lipinski definition) is 3. The Balaban J connectivity index is 2.37. The first-order valence-corrected chi connectivity index (χ1v) is 6.48. The number of carbonyl (C=O) groups is 1. The van der Waals surface area contributed by atoms with E-state index in [4.69, 9.17) is 21.8 Å². The molecular formula is C13H19ClN2O3. The average molecular weight is 287 g/mol. The molecule has 1 aromatic rings. The van der Waals surface area contributed by atoms with Crippen LogP contribution in [0.25, 0.3) is 0 Å². The molecule has 0 spiro atoms. The fraction of sp³-hybridized carbons (Fsp3) is 0.462. The van der Waals surface area contributed by atoms with Crippen molar-refractivity contribution < 1.29 is 15.0 Å². The number of nitrogens with zero attached hydrogens (tertiary/aromatic N) is 1. The van der Waals surface area contributed by atoms with Gasteiger partial charge in [0, 0.05) is 24.7 Å². The zero-order chi connectivity index (χ0) is 14.1. The standard InChI is InChI=1S/C13H19ClN2O3/c14-12-3-1-2-11(8-12)9-15-13(19)10-16(4-6-17)5-7-18/h1-3,8,17-18H,4-7,9-10H2,(H,15,19). The zero-order valence-electron chi connectivity index (χ0n) is 10.7. The number of hydrogen-bond acceptors (Lipinski definition) is 4. The van der Waals surface area contributed by atoms with Crippen molar-refractivity contribution in [2.45, 2.75) is 6.54 Å². The summed E-state index contributed by atoms with van der Waals surface area (Å²) < 4.78 is 0. The predicted octanol–water partition coefficient (Wildman–Crippen LogP) is 0.243. The van der Waals surface area contributed by atoms with Crippen molar-refractivity contribution in [2.75, 3.05) is 32.8 Å². The minimum absolute atomic E-state index is 0.0401. The van der Waals surface area contributed by atoms with Crippen molar-refractivity contribution in [1.29, 1.82) is 0 Å². The molecule has 3 N–H and O–H groups in total. The van der Waals surface area contributed by atoms with Gasteiger partial charge in [0.05, 0.1) is 19.8 Å². The van der Waals surface area contributed by atoms with Crippen LogP contribution in [0.5, 0.6) is 0 Å². The Kier molecular flexibility index (Phi) is 7.43. The van der Waals surface area contributed by atoms with Crippen molar-refractivity contribution >= 4 is 17.5 Å². The molecule has 0 aliphatic heterocycles. The first kappa shape index (κ1) is 15.9. The summed E-state index contributed by atoms with van der Waals surface area (Å²) in [6, 6.07) is 7.27. The maximum atomic E-state index is 11.7. The Bertz CT molecular complexity index is 395. The van der Waals surface area contributed by atoms with Gasteiger partial charge in [0.25, 0.3) is 0 Å². The van der Waals surface area contributed by atoms with Crippen molar-refractivity contribution in [2.24, 2.45) is 0 Å². The Morgan fingerprint density at radius 3 is 2.53 bits per heavy atom. The summed E-state index contributed by atoms with van der Waals surface area (Å²) in [6.45, 7) is 1.21. The van der Waals surface area contributed by atoms with Crippen LogP contribution in [0, 0.1) is 0 Å². The molecule has 0 heterocycles. The van der Waals surface area contributed by atoms with Crippen LogP contribution >= 0.6 is 11.6 Å². The highest BCUT2D eigenvalue weighted by atomic mass is 35.5. The Hall–Kier alpha value is -1.14. The minimum atomic E-state index is -0.151. The highest BCUT2D eigenvalue weighted by Gasteiger charge is 2.09. The van der Waals surface area contributed by atoms with Gasteiger partial charge in [0.1, 0.15) is 0 Å². The highest BCUT2D eigenvalue weighted by molar-refractivity contribution is 6.30. The summed E-state index contributed by atoms with van der Waals surface area (Å²) >= 11 is 5.85. The predicted molar refractivity (Wildman–Crippen MR) is 73.9 cm³/mol. The molecule has 106 valence electrons. The number of halogens is 1. The van der Waals surface area contributed by atoms with Crippen molar-refractivity contribution in [3.8, 4) is 0 Å². The number of carbonyl (C=O) groups excluding carboxylic acids is 1. The van der Waals surface area contributed by atoms with Crippen molar-refractivity contribution in [1.82, 2.24) is 10.2 Å². The fourth-order valence-electron chi connectivity index (χ4n) is 1.66. The first-order chi connectivity index (χ1) is 9.15. The SMILES string of the molecule is O=C(CN(CCO)CCO)NCc1cccc(Cl)c1. The second kappa shape index (κ2) is 8.87. The molecule has 5 nitrogen and oxygen atoms in total. The van der Waals surface area contributed by atoms with Crippen LogP contribution < -0.4 is 5.32 Å². The van der Waals surface area contributed by atoms with Crippen LogP contribution in [0.4, 0.5) is 0 Å². The van der Waals surface area contributed by atoms with E-state index in [1.807, 2.05) is 12.1 Å². The molecule has 0 fully saturated rings. The fourth-order valence-corrected chi connectivity index (χ4v) is 1.87. The monoisotopic (exact) mass is 286 g/mol. The number of aliphatic hydroxyl groups is 2. The quantitative estimate of drug-likeness (QED) is 0.640. The molecule has 0 radical (unpaired) electrons. The third kappa shape index (κ3) is 6.54. The molecule has 19 heavy (non-hydrogen) atoms. The van der Waals surface area contributed by atoms with Crippen molar-refractivity contribution in [3.63, 3.8) is 0 Å². The average Bonchev–Trinajstić information content (AvgIpc) is 2.37. The lowest BCUT2D eigenvalue weighted by Gasteiger charge is -2.19. The van der Waals surface area contributed by atoms with E-state index in [1.165, 1.54) is 0 Å². The van der Waals surface area contributed by atoms with E-state index in [1.54, 1.807) is 17.0 Å². The van der Waals surface area contributed by atoms with Crippen LogP contribution in [0.1, 0.15) is 5.56 Å². The van der Waals surface area contributed by atoms with Gasteiger partial charge in [0.2, 0.25) is 5.91 Å². The van der Waals surface area contributed by atoms with Crippen LogP contribution in [-0.4, -0.2) is 53.9 Å². The van der Waals surface area contributed by atoms with E-state index in [0.717, 1.165) is 5.56 Å². The molecule has 0 aliphatic carbocycles. The third-order valence-electron chi connectivity index (χ3n) is 2.58. The van der Waals surface area contributed by atoms with Gasteiger partial charge in [-0.15, -0.1) is 0 Å². The molecule has 0 aromatic heterocycles. The molecule has 0 saturated carbocycles. The second-order valence-corrected chi connectivity index (χ2v) is 4.57. The van der Waals surface area contributed by atoms with Gasteiger partial charge < -0.3 is 15.5 Å². The van der Waals surface area contributed by atoms with E-state index < -0.39 is 0 Å². The summed E-state index contributed by atoms with van der Waals surface area (Å²) in [4.78, 5) is 13.4. The van der Waals surface area contributed by atoms with Crippen LogP contribution in [0.2, 0.25) is 5.02 Å². The molecule has 0 unspecified atom stereocenters. The maximum absolute atomic E-state index is 11.7. The minimum Gasteiger partial charge on any atom is -0.395 e. The lowest BCUT2D eigenvalue weighted by atomic mass is 10.2. The first-order valence-electron chi connectivity index (χ1n) is 6.11. The number of aliphatic hydroxyl groups excluding tert-OH is 2. The number of benzene rings is 1. The van der Waals surface area contributed by atoms with Crippen LogP contribution in [-0.2, 0) is 11.3 Å². The Morgan fingerprint density at radius 1 is 1.26 bits per heavy atom. The third-order valence-corrected chi connectivity index (χ3v) is 2.81. The molecule has 0 bridgehead atoms. The van der Waals surface area contributed by atoms with Gasteiger partial charge in [-0.2, -0.15) is 0 Å². The lowest BCUT2D eigenvalue weighted by Crippen LogP contribution is -2.39. The van der Waals surface area contributed by atoms with E-state index in [-0.39, 0.29) is 25.7 Å². The normalized spacial score (nSPS) is 10.7. The van der Waals surface area contributed by atoms with Gasteiger partial charge in [-0.3, -0.25) is 9.69 Å². The topological polar surface area (TPSA) is 72.8 Å². The highest BCUT2D eigenvalue weighted by Crippen LogP contribution is 2.10. The summed E-state index contributed by atoms with van der Waals surface area (Å²) in [5, 5.41) is 21.1. The van der Waals surface area contributed by atoms with Crippen LogP contribution in [0.15, 0.2) is 24.3 Å². The van der Waals surface area contributed by atoms with Gasteiger partial charge >= 0.3 is 0 Å². The number of nitrogens with one attached hydrogen (secondary N) is 1. The zero-order valence-corrected chi connectivity index (χ0v) is 11.4. The number of rotatable bonds is 8. The van der Waals surface area contributed by atoms with E-state index in [9.17, 15) is 4.79 Å².